The van der Waals surface area contributed by atoms with Crippen LogP contribution in [0.2, 0.25) is 0 Å². The lowest BCUT2D eigenvalue weighted by molar-refractivity contribution is -0.113. The molecular weight excluding hydrogens is 284 g/mol. The van der Waals surface area contributed by atoms with Crippen LogP contribution in [0.15, 0.2) is 42.4 Å². The van der Waals surface area contributed by atoms with Crippen molar-refractivity contribution in [3.63, 3.8) is 0 Å². The van der Waals surface area contributed by atoms with Gasteiger partial charge in [-0.3, -0.25) is 14.4 Å². The van der Waals surface area contributed by atoms with Gasteiger partial charge in [0, 0.05) is 18.8 Å². The molecule has 0 unspecified atom stereocenters. The number of thiocarbonyl (C=S) groups is 1. The molecule has 0 spiro atoms. The third-order valence-electron chi connectivity index (χ3n) is 3.21. The molecule has 0 radical (unpaired) electrons. The molecule has 5 nitrogen and oxygen atoms in total. The van der Waals surface area contributed by atoms with Crippen molar-refractivity contribution in [2.24, 2.45) is 7.05 Å². The van der Waals surface area contributed by atoms with E-state index in [2.05, 4.69) is 10.4 Å². The van der Waals surface area contributed by atoms with Crippen LogP contribution in [0, 0.1) is 6.92 Å². The number of carbonyl (C=O) groups excluding carboxylic acids is 1. The summed E-state index contributed by atoms with van der Waals surface area (Å²) >= 11 is 5.26. The maximum absolute atomic E-state index is 12.5. The Labute approximate surface area is 127 Å². The fraction of sp³-hybridized carbons (Fsp3) is 0.133. The molecule has 1 aromatic heterocycles. The minimum Gasteiger partial charge on any atom is -0.327 e. The van der Waals surface area contributed by atoms with Crippen LogP contribution in [0.5, 0.6) is 0 Å². The highest BCUT2D eigenvalue weighted by molar-refractivity contribution is 7.80. The summed E-state index contributed by atoms with van der Waals surface area (Å²) in [6, 6.07) is 7.67. The maximum atomic E-state index is 12.5. The lowest BCUT2D eigenvalue weighted by atomic mass is 10.2. The molecule has 106 valence electrons. The summed E-state index contributed by atoms with van der Waals surface area (Å²) in [7, 11) is 1.83. The van der Waals surface area contributed by atoms with Crippen molar-refractivity contribution in [1.29, 1.82) is 0 Å². The van der Waals surface area contributed by atoms with Crippen LogP contribution in [-0.4, -0.2) is 20.8 Å². The second kappa shape index (κ2) is 5.14. The van der Waals surface area contributed by atoms with Crippen LogP contribution in [0.1, 0.15) is 11.1 Å². The standard InChI is InChI=1S/C15H14N4OS/c1-10-3-5-12(6-4-10)19-14(20)13(17-15(19)21)7-11-8-16-18(2)9-11/h3-9H,1-2H3,(H,17,21)/b13-7-. The number of amides is 1. The highest BCUT2D eigenvalue weighted by Crippen LogP contribution is 2.22. The third-order valence-corrected chi connectivity index (χ3v) is 3.49. The van der Waals surface area contributed by atoms with Gasteiger partial charge in [0.05, 0.1) is 11.9 Å². The molecule has 1 amide bonds. The third kappa shape index (κ3) is 2.57. The van der Waals surface area contributed by atoms with Gasteiger partial charge in [0.25, 0.3) is 5.91 Å². The first-order valence-corrected chi connectivity index (χ1v) is 6.88. The zero-order valence-corrected chi connectivity index (χ0v) is 12.5. The smallest absolute Gasteiger partial charge is 0.281 e. The van der Waals surface area contributed by atoms with Crippen LogP contribution >= 0.6 is 12.2 Å². The van der Waals surface area contributed by atoms with Crippen molar-refractivity contribution >= 4 is 35.0 Å². The van der Waals surface area contributed by atoms with E-state index in [1.807, 2.05) is 44.4 Å². The minimum atomic E-state index is -0.160. The van der Waals surface area contributed by atoms with Crippen LogP contribution in [0.4, 0.5) is 5.69 Å². The van der Waals surface area contributed by atoms with Crippen molar-refractivity contribution in [3.05, 3.63) is 53.5 Å². The molecule has 1 aliphatic rings. The summed E-state index contributed by atoms with van der Waals surface area (Å²) < 4.78 is 1.68. The summed E-state index contributed by atoms with van der Waals surface area (Å²) in [5.74, 6) is -0.160. The van der Waals surface area contributed by atoms with Crippen molar-refractivity contribution in [3.8, 4) is 0 Å². The van der Waals surface area contributed by atoms with E-state index in [1.54, 1.807) is 17.0 Å². The Balaban J connectivity index is 1.92. The Bertz CT molecular complexity index is 745. The molecule has 1 fully saturated rings. The highest BCUT2D eigenvalue weighted by Gasteiger charge is 2.31. The van der Waals surface area contributed by atoms with Crippen LogP contribution in [0.3, 0.4) is 0 Å². The molecular formula is C15H14N4OS. The zero-order chi connectivity index (χ0) is 15.0. The lowest BCUT2D eigenvalue weighted by Crippen LogP contribution is -2.30. The number of hydrogen-bond acceptors (Lipinski definition) is 3. The lowest BCUT2D eigenvalue weighted by Gasteiger charge is -2.13. The molecule has 1 aromatic carbocycles. The van der Waals surface area contributed by atoms with Gasteiger partial charge in [0.2, 0.25) is 0 Å². The molecule has 0 saturated carbocycles. The molecule has 2 aromatic rings. The fourth-order valence-electron chi connectivity index (χ4n) is 2.14. The normalized spacial score (nSPS) is 16.7. The summed E-state index contributed by atoms with van der Waals surface area (Å²) in [4.78, 5) is 14.0. The summed E-state index contributed by atoms with van der Waals surface area (Å²) in [6.45, 7) is 2.00. The summed E-state index contributed by atoms with van der Waals surface area (Å²) in [5.41, 5.74) is 3.20. The van der Waals surface area contributed by atoms with Gasteiger partial charge in [-0.2, -0.15) is 5.10 Å². The van der Waals surface area contributed by atoms with Crippen molar-refractivity contribution in [2.45, 2.75) is 6.92 Å². The number of hydrogen-bond donors (Lipinski definition) is 1. The first-order valence-electron chi connectivity index (χ1n) is 6.47. The van der Waals surface area contributed by atoms with Crippen LogP contribution in [-0.2, 0) is 11.8 Å². The average Bonchev–Trinajstić information content (AvgIpc) is 2.96. The van der Waals surface area contributed by atoms with Crippen molar-refractivity contribution in [2.75, 3.05) is 4.90 Å². The maximum Gasteiger partial charge on any atom is 0.281 e. The number of aryl methyl sites for hydroxylation is 2. The molecule has 2 heterocycles. The van der Waals surface area contributed by atoms with Gasteiger partial charge in [-0.25, -0.2) is 0 Å². The zero-order valence-electron chi connectivity index (χ0n) is 11.7. The van der Waals surface area contributed by atoms with Gasteiger partial charge >= 0.3 is 0 Å². The fourth-order valence-corrected chi connectivity index (χ4v) is 2.44. The van der Waals surface area contributed by atoms with E-state index in [0.29, 0.717) is 10.8 Å². The number of benzene rings is 1. The molecule has 1 saturated heterocycles. The second-order valence-electron chi connectivity index (χ2n) is 4.91. The van der Waals surface area contributed by atoms with E-state index in [9.17, 15) is 4.79 Å². The van der Waals surface area contributed by atoms with Gasteiger partial charge < -0.3 is 5.32 Å². The minimum absolute atomic E-state index is 0.160. The van der Waals surface area contributed by atoms with E-state index in [0.717, 1.165) is 16.8 Å². The molecule has 0 atom stereocenters. The van der Waals surface area contributed by atoms with E-state index in [1.165, 1.54) is 4.90 Å². The Kier molecular flexibility index (Phi) is 3.31. The summed E-state index contributed by atoms with van der Waals surface area (Å²) in [5, 5.41) is 7.42. The van der Waals surface area contributed by atoms with Crippen molar-refractivity contribution in [1.82, 2.24) is 15.1 Å². The van der Waals surface area contributed by atoms with E-state index in [-0.39, 0.29) is 5.91 Å². The van der Waals surface area contributed by atoms with Crippen LogP contribution < -0.4 is 10.2 Å². The number of rotatable bonds is 2. The Morgan fingerprint density at radius 2 is 2.00 bits per heavy atom. The summed E-state index contributed by atoms with van der Waals surface area (Å²) in [6.07, 6.45) is 5.27. The van der Waals surface area contributed by atoms with E-state index in [4.69, 9.17) is 12.2 Å². The topological polar surface area (TPSA) is 50.2 Å². The Hall–Kier alpha value is -2.47. The Morgan fingerprint density at radius 1 is 1.29 bits per heavy atom. The number of aromatic nitrogens is 2. The molecule has 1 aliphatic heterocycles. The average molecular weight is 298 g/mol. The van der Waals surface area contributed by atoms with Crippen LogP contribution in [0.25, 0.3) is 6.08 Å². The van der Waals surface area contributed by atoms with E-state index >= 15 is 0 Å². The SMILES string of the molecule is Cc1ccc(N2C(=O)/C(=C/c3cnn(C)c3)NC2=S)cc1. The Morgan fingerprint density at radius 3 is 2.62 bits per heavy atom. The largest absolute Gasteiger partial charge is 0.327 e. The number of nitrogens with one attached hydrogen (secondary N) is 1. The van der Waals surface area contributed by atoms with Gasteiger partial charge in [-0.15, -0.1) is 0 Å². The molecule has 21 heavy (non-hydrogen) atoms. The predicted octanol–water partition coefficient (Wildman–Crippen LogP) is 1.99. The van der Waals surface area contributed by atoms with Gasteiger partial charge in [0.15, 0.2) is 5.11 Å². The highest BCUT2D eigenvalue weighted by atomic mass is 32.1. The first kappa shape index (κ1) is 13.5. The van der Waals surface area contributed by atoms with Crippen molar-refractivity contribution < 1.29 is 4.79 Å². The van der Waals surface area contributed by atoms with Gasteiger partial charge in [-0.05, 0) is 37.4 Å². The monoisotopic (exact) mass is 298 g/mol. The number of nitrogens with zero attached hydrogens (tertiary/aromatic N) is 3. The molecule has 0 aliphatic carbocycles. The number of carbonyl (C=O) groups is 1. The molecule has 0 bridgehead atoms. The molecule has 3 rings (SSSR count). The predicted molar refractivity (Wildman–Crippen MR) is 85.6 cm³/mol. The molecule has 6 heteroatoms. The first-order chi connectivity index (χ1) is 10.0. The van der Waals surface area contributed by atoms with E-state index < -0.39 is 0 Å². The van der Waals surface area contributed by atoms with Gasteiger partial charge in [0.1, 0.15) is 5.70 Å². The molecule has 1 N–H and O–H groups in total. The van der Waals surface area contributed by atoms with Gasteiger partial charge in [-0.1, -0.05) is 17.7 Å². The second-order valence-corrected chi connectivity index (χ2v) is 5.30. The number of anilines is 1. The quantitative estimate of drug-likeness (QED) is 0.680.